The van der Waals surface area contributed by atoms with Crippen LogP contribution in [0.3, 0.4) is 0 Å². The van der Waals surface area contributed by atoms with E-state index in [0.29, 0.717) is 18.1 Å². The van der Waals surface area contributed by atoms with Gasteiger partial charge in [-0.3, -0.25) is 0 Å². The molecular weight excluding hydrogens is 190 g/mol. The highest BCUT2D eigenvalue weighted by Crippen LogP contribution is 2.30. The zero-order chi connectivity index (χ0) is 10.8. The zero-order valence-electron chi connectivity index (χ0n) is 9.60. The SMILES string of the molecule is CNC(c1nccn1C)C1COC(C)C1. The van der Waals surface area contributed by atoms with Gasteiger partial charge in [0.2, 0.25) is 0 Å². The molecule has 3 atom stereocenters. The fourth-order valence-electron chi connectivity index (χ4n) is 2.34. The topological polar surface area (TPSA) is 39.1 Å². The molecule has 0 radical (unpaired) electrons. The van der Waals surface area contributed by atoms with Crippen molar-refractivity contribution >= 4 is 0 Å². The molecule has 0 amide bonds. The Morgan fingerprint density at radius 1 is 1.67 bits per heavy atom. The fourth-order valence-corrected chi connectivity index (χ4v) is 2.34. The van der Waals surface area contributed by atoms with Gasteiger partial charge in [0.1, 0.15) is 5.82 Å². The second kappa shape index (κ2) is 4.33. The van der Waals surface area contributed by atoms with E-state index in [0.717, 1.165) is 18.9 Å². The summed E-state index contributed by atoms with van der Waals surface area (Å²) in [6.07, 6.45) is 5.32. The number of ether oxygens (including phenoxy) is 1. The van der Waals surface area contributed by atoms with Crippen molar-refractivity contribution in [2.45, 2.75) is 25.5 Å². The molecule has 1 fully saturated rings. The molecule has 1 aromatic rings. The first-order valence-electron chi connectivity index (χ1n) is 5.48. The third-order valence-corrected chi connectivity index (χ3v) is 3.15. The highest BCUT2D eigenvalue weighted by Gasteiger charge is 2.31. The lowest BCUT2D eigenvalue weighted by Gasteiger charge is -2.21. The molecule has 1 aliphatic heterocycles. The molecule has 1 saturated heterocycles. The van der Waals surface area contributed by atoms with Crippen molar-refractivity contribution in [2.24, 2.45) is 13.0 Å². The lowest BCUT2D eigenvalue weighted by atomic mass is 9.96. The smallest absolute Gasteiger partial charge is 0.125 e. The van der Waals surface area contributed by atoms with Gasteiger partial charge in [-0.25, -0.2) is 4.98 Å². The van der Waals surface area contributed by atoms with Gasteiger partial charge in [0.15, 0.2) is 0 Å². The normalized spacial score (nSPS) is 28.2. The van der Waals surface area contributed by atoms with E-state index < -0.39 is 0 Å². The molecule has 1 aliphatic rings. The lowest BCUT2D eigenvalue weighted by Crippen LogP contribution is -2.28. The standard InChI is InChI=1S/C11H19N3O/c1-8-6-9(7-15-8)10(12-2)11-13-4-5-14(11)3/h4-5,8-10,12H,6-7H2,1-3H3. The summed E-state index contributed by atoms with van der Waals surface area (Å²) in [6.45, 7) is 2.96. The maximum Gasteiger partial charge on any atom is 0.125 e. The molecular formula is C11H19N3O. The van der Waals surface area contributed by atoms with Crippen LogP contribution in [0.1, 0.15) is 25.2 Å². The summed E-state index contributed by atoms with van der Waals surface area (Å²) in [7, 11) is 4.02. The van der Waals surface area contributed by atoms with Gasteiger partial charge in [0.25, 0.3) is 0 Å². The molecule has 2 rings (SSSR count). The molecule has 0 aliphatic carbocycles. The number of rotatable bonds is 3. The van der Waals surface area contributed by atoms with Gasteiger partial charge in [0.05, 0.1) is 18.8 Å². The Kier molecular flexibility index (Phi) is 3.07. The Hall–Kier alpha value is -0.870. The van der Waals surface area contributed by atoms with Crippen molar-refractivity contribution in [1.82, 2.24) is 14.9 Å². The largest absolute Gasteiger partial charge is 0.378 e. The summed E-state index contributed by atoms with van der Waals surface area (Å²) in [5.74, 6) is 1.63. The molecule has 15 heavy (non-hydrogen) atoms. The number of nitrogens with one attached hydrogen (secondary N) is 1. The van der Waals surface area contributed by atoms with Crippen LogP contribution in [-0.4, -0.2) is 29.3 Å². The molecule has 3 unspecified atom stereocenters. The van der Waals surface area contributed by atoms with Crippen LogP contribution in [0.5, 0.6) is 0 Å². The Morgan fingerprint density at radius 2 is 2.47 bits per heavy atom. The maximum atomic E-state index is 5.61. The Morgan fingerprint density at radius 3 is 2.93 bits per heavy atom. The summed E-state index contributed by atoms with van der Waals surface area (Å²) < 4.78 is 7.68. The quantitative estimate of drug-likeness (QED) is 0.810. The van der Waals surface area contributed by atoms with Crippen LogP contribution in [0.4, 0.5) is 0 Å². The predicted octanol–water partition coefficient (Wildman–Crippen LogP) is 1.11. The molecule has 1 N–H and O–H groups in total. The molecule has 0 aromatic carbocycles. The van der Waals surface area contributed by atoms with Crippen LogP contribution < -0.4 is 5.32 Å². The van der Waals surface area contributed by atoms with Crippen molar-refractivity contribution in [1.29, 1.82) is 0 Å². The van der Waals surface area contributed by atoms with Gasteiger partial charge in [0, 0.05) is 25.4 Å². The molecule has 0 spiro atoms. The van der Waals surface area contributed by atoms with E-state index in [2.05, 4.69) is 21.8 Å². The highest BCUT2D eigenvalue weighted by molar-refractivity contribution is 5.02. The second-order valence-electron chi connectivity index (χ2n) is 4.30. The average molecular weight is 209 g/mol. The van der Waals surface area contributed by atoms with Crippen molar-refractivity contribution in [2.75, 3.05) is 13.7 Å². The maximum absolute atomic E-state index is 5.61. The van der Waals surface area contributed by atoms with Gasteiger partial charge in [-0.05, 0) is 20.4 Å². The van der Waals surface area contributed by atoms with Crippen LogP contribution >= 0.6 is 0 Å². The number of nitrogens with zero attached hydrogens (tertiary/aromatic N) is 2. The van der Waals surface area contributed by atoms with Crippen molar-refractivity contribution in [3.63, 3.8) is 0 Å². The number of aryl methyl sites for hydroxylation is 1. The predicted molar refractivity (Wildman–Crippen MR) is 58.5 cm³/mol. The van der Waals surface area contributed by atoms with Crippen LogP contribution in [0.15, 0.2) is 12.4 Å². The first kappa shape index (κ1) is 10.6. The molecule has 4 nitrogen and oxygen atoms in total. The first-order chi connectivity index (χ1) is 7.22. The zero-order valence-corrected chi connectivity index (χ0v) is 9.60. The monoisotopic (exact) mass is 209 g/mol. The van der Waals surface area contributed by atoms with Crippen LogP contribution in [0.2, 0.25) is 0 Å². The third kappa shape index (κ3) is 2.06. The number of hydrogen-bond donors (Lipinski definition) is 1. The van der Waals surface area contributed by atoms with E-state index in [9.17, 15) is 0 Å². The summed E-state index contributed by atoms with van der Waals surface area (Å²) in [6, 6.07) is 0.301. The fraction of sp³-hybridized carbons (Fsp3) is 0.727. The number of imidazole rings is 1. The van der Waals surface area contributed by atoms with Crippen molar-refractivity contribution in [3.8, 4) is 0 Å². The molecule has 84 valence electrons. The summed E-state index contributed by atoms with van der Waals surface area (Å²) >= 11 is 0. The Labute approximate surface area is 90.6 Å². The highest BCUT2D eigenvalue weighted by atomic mass is 16.5. The summed E-state index contributed by atoms with van der Waals surface area (Å²) in [5.41, 5.74) is 0. The average Bonchev–Trinajstić information content (AvgIpc) is 2.79. The Bertz CT molecular complexity index is 323. The summed E-state index contributed by atoms with van der Waals surface area (Å²) in [5, 5.41) is 3.34. The van der Waals surface area contributed by atoms with E-state index >= 15 is 0 Å². The number of aromatic nitrogens is 2. The van der Waals surface area contributed by atoms with Gasteiger partial charge in [-0.1, -0.05) is 0 Å². The second-order valence-corrected chi connectivity index (χ2v) is 4.30. The van der Waals surface area contributed by atoms with E-state index in [1.54, 1.807) is 0 Å². The van der Waals surface area contributed by atoms with Gasteiger partial charge < -0.3 is 14.6 Å². The van der Waals surface area contributed by atoms with Gasteiger partial charge >= 0.3 is 0 Å². The Balaban J connectivity index is 2.14. The molecule has 0 saturated carbocycles. The molecule has 2 heterocycles. The van der Waals surface area contributed by atoms with E-state index in [-0.39, 0.29) is 0 Å². The lowest BCUT2D eigenvalue weighted by molar-refractivity contribution is 0.116. The third-order valence-electron chi connectivity index (χ3n) is 3.15. The van der Waals surface area contributed by atoms with E-state index in [1.807, 2.05) is 26.5 Å². The minimum Gasteiger partial charge on any atom is -0.378 e. The number of hydrogen-bond acceptors (Lipinski definition) is 3. The van der Waals surface area contributed by atoms with Gasteiger partial charge in [-0.2, -0.15) is 0 Å². The van der Waals surface area contributed by atoms with Crippen LogP contribution in [-0.2, 0) is 11.8 Å². The van der Waals surface area contributed by atoms with Crippen molar-refractivity contribution < 1.29 is 4.74 Å². The molecule has 1 aromatic heterocycles. The first-order valence-corrected chi connectivity index (χ1v) is 5.48. The van der Waals surface area contributed by atoms with Crippen LogP contribution in [0, 0.1) is 5.92 Å². The summed E-state index contributed by atoms with van der Waals surface area (Å²) in [4.78, 5) is 4.40. The molecule has 4 heteroatoms. The minimum atomic E-state index is 0.301. The van der Waals surface area contributed by atoms with Gasteiger partial charge in [-0.15, -0.1) is 0 Å². The van der Waals surface area contributed by atoms with E-state index in [4.69, 9.17) is 4.74 Å². The molecule has 0 bridgehead atoms. The van der Waals surface area contributed by atoms with Crippen molar-refractivity contribution in [3.05, 3.63) is 18.2 Å². The minimum absolute atomic E-state index is 0.301. The van der Waals surface area contributed by atoms with E-state index in [1.165, 1.54) is 0 Å². The van der Waals surface area contributed by atoms with Crippen LogP contribution in [0.25, 0.3) is 0 Å².